The van der Waals surface area contributed by atoms with Crippen molar-refractivity contribution >= 4 is 46.1 Å². The highest BCUT2D eigenvalue weighted by molar-refractivity contribution is 8.26. The number of rotatable bonds is 8. The summed E-state index contributed by atoms with van der Waals surface area (Å²) in [5.41, 5.74) is 0.154. The molecule has 0 saturated carbocycles. The number of aromatic nitrogens is 1. The first-order valence-electron chi connectivity index (χ1n) is 10.9. The fourth-order valence-corrected chi connectivity index (χ4v) is 5.11. The normalized spacial score (nSPS) is 14.6. The lowest BCUT2D eigenvalue weighted by Gasteiger charge is -2.18. The molecule has 1 saturated heterocycles. The van der Waals surface area contributed by atoms with Crippen molar-refractivity contribution in [3.05, 3.63) is 61.8 Å². The molecule has 1 fully saturated rings. The highest BCUT2D eigenvalue weighted by atomic mass is 32.2. The second-order valence-corrected chi connectivity index (χ2v) is 9.89. The number of aromatic hydroxyl groups is 1. The van der Waals surface area contributed by atoms with Crippen molar-refractivity contribution < 1.29 is 19.4 Å². The number of Topliss-reactive ketones (excluding diaryl/α,β-unsaturated/α-hetero) is 1. The Morgan fingerprint density at radius 3 is 2.51 bits per heavy atom. The van der Waals surface area contributed by atoms with Crippen LogP contribution in [0, 0.1) is 18.3 Å². The zero-order valence-electron chi connectivity index (χ0n) is 19.8. The number of ketones is 1. The third-order valence-corrected chi connectivity index (χ3v) is 6.99. The van der Waals surface area contributed by atoms with Gasteiger partial charge in [-0.15, -0.1) is 0 Å². The molecular weight excluding hydrogens is 486 g/mol. The lowest BCUT2D eigenvalue weighted by molar-refractivity contribution is -0.122. The Balaban J connectivity index is 1.73. The van der Waals surface area contributed by atoms with E-state index in [-0.39, 0.29) is 35.6 Å². The molecule has 1 N–H and O–H groups in total. The van der Waals surface area contributed by atoms with E-state index in [1.54, 1.807) is 39.2 Å². The lowest BCUT2D eigenvalue weighted by Crippen LogP contribution is -2.30. The van der Waals surface area contributed by atoms with Crippen LogP contribution in [0.3, 0.4) is 0 Å². The molecule has 1 aliphatic heterocycles. The van der Waals surface area contributed by atoms with Gasteiger partial charge in [0.25, 0.3) is 11.5 Å². The van der Waals surface area contributed by atoms with Gasteiger partial charge in [0.1, 0.15) is 21.7 Å². The van der Waals surface area contributed by atoms with Crippen molar-refractivity contribution in [1.29, 1.82) is 5.26 Å². The highest BCUT2D eigenvalue weighted by Gasteiger charge is 2.32. The summed E-state index contributed by atoms with van der Waals surface area (Å²) >= 11 is 6.56. The minimum absolute atomic E-state index is 0.00412. The van der Waals surface area contributed by atoms with Crippen LogP contribution in [0.4, 0.5) is 0 Å². The van der Waals surface area contributed by atoms with E-state index in [4.69, 9.17) is 17.0 Å². The monoisotopic (exact) mass is 511 g/mol. The van der Waals surface area contributed by atoms with Crippen LogP contribution >= 0.6 is 24.0 Å². The number of pyridine rings is 1. The number of amides is 1. The third-order valence-electron chi connectivity index (χ3n) is 5.61. The summed E-state index contributed by atoms with van der Waals surface area (Å²) in [5, 5.41) is 20.1. The van der Waals surface area contributed by atoms with Crippen molar-refractivity contribution in [1.82, 2.24) is 9.47 Å². The molecule has 1 aromatic heterocycles. The van der Waals surface area contributed by atoms with Gasteiger partial charge in [-0.2, -0.15) is 5.26 Å². The van der Waals surface area contributed by atoms with Gasteiger partial charge in [0.05, 0.1) is 17.6 Å². The molecule has 10 heteroatoms. The van der Waals surface area contributed by atoms with Crippen LogP contribution in [0.2, 0.25) is 0 Å². The maximum absolute atomic E-state index is 13.0. The van der Waals surface area contributed by atoms with Gasteiger partial charge < -0.3 is 9.84 Å². The molecule has 0 radical (unpaired) electrons. The summed E-state index contributed by atoms with van der Waals surface area (Å²) in [6.45, 7) is 5.07. The van der Waals surface area contributed by atoms with Gasteiger partial charge in [0.15, 0.2) is 5.78 Å². The molecule has 0 aliphatic carbocycles. The molecule has 2 heterocycles. The van der Waals surface area contributed by atoms with E-state index in [0.29, 0.717) is 21.4 Å². The van der Waals surface area contributed by atoms with Gasteiger partial charge in [-0.3, -0.25) is 23.9 Å². The van der Waals surface area contributed by atoms with Crippen LogP contribution < -0.4 is 10.3 Å². The Hall–Kier alpha value is -3.42. The number of nitriles is 1. The van der Waals surface area contributed by atoms with Gasteiger partial charge in [-0.1, -0.05) is 36.1 Å². The fourth-order valence-electron chi connectivity index (χ4n) is 3.80. The minimum atomic E-state index is -0.629. The van der Waals surface area contributed by atoms with Crippen LogP contribution in [0.1, 0.15) is 59.8 Å². The molecule has 1 amide bonds. The molecule has 35 heavy (non-hydrogen) atoms. The van der Waals surface area contributed by atoms with E-state index in [9.17, 15) is 24.8 Å². The summed E-state index contributed by atoms with van der Waals surface area (Å²) in [6.07, 6.45) is 2.05. The average molecular weight is 512 g/mol. The van der Waals surface area contributed by atoms with Crippen LogP contribution in [-0.2, 0) is 4.79 Å². The Kier molecular flexibility index (Phi) is 8.14. The second-order valence-electron chi connectivity index (χ2n) is 8.21. The van der Waals surface area contributed by atoms with Crippen LogP contribution in [-0.4, -0.2) is 44.2 Å². The van der Waals surface area contributed by atoms with E-state index < -0.39 is 23.3 Å². The van der Waals surface area contributed by atoms with E-state index >= 15 is 0 Å². The van der Waals surface area contributed by atoms with E-state index in [2.05, 4.69) is 0 Å². The number of ether oxygens (including phenoxy) is 1. The molecule has 0 unspecified atom stereocenters. The van der Waals surface area contributed by atoms with Crippen molar-refractivity contribution in [2.75, 3.05) is 13.7 Å². The smallest absolute Gasteiger partial charge is 0.271 e. The van der Waals surface area contributed by atoms with Gasteiger partial charge in [0.2, 0.25) is 5.88 Å². The predicted octanol–water partition coefficient (Wildman–Crippen LogP) is 4.19. The van der Waals surface area contributed by atoms with Crippen LogP contribution in [0.15, 0.2) is 34.0 Å². The first kappa shape index (κ1) is 26.2. The number of thioether (sulfide) groups is 1. The number of carbonyl (C=O) groups excluding carboxylic acids is 2. The summed E-state index contributed by atoms with van der Waals surface area (Å²) in [6, 6.07) is 8.69. The Morgan fingerprint density at radius 2 is 1.94 bits per heavy atom. The minimum Gasteiger partial charge on any atom is -0.497 e. The number of nitrogens with zero attached hydrogens (tertiary/aromatic N) is 3. The number of benzene rings is 1. The van der Waals surface area contributed by atoms with Crippen LogP contribution in [0.25, 0.3) is 6.08 Å². The number of carbonyl (C=O) groups is 2. The average Bonchev–Trinajstić information content (AvgIpc) is 3.06. The fraction of sp³-hybridized carbons (Fsp3) is 0.320. The first-order valence-corrected chi connectivity index (χ1v) is 12.1. The summed E-state index contributed by atoms with van der Waals surface area (Å²) < 4.78 is 6.59. The summed E-state index contributed by atoms with van der Waals surface area (Å²) in [7, 11) is 1.58. The molecule has 0 bridgehead atoms. The van der Waals surface area contributed by atoms with Crippen molar-refractivity contribution in [3.8, 4) is 17.7 Å². The molecule has 0 atom stereocenters. The Morgan fingerprint density at radius 1 is 1.29 bits per heavy atom. The topological polar surface area (TPSA) is 113 Å². The standard InChI is InChI=1S/C25H25N3O5S2/c1-14(2)28-22(30)18(13-26)15(3)21(24(28)32)19(29)6-5-11-27-23(31)20(35-25(27)34)12-16-7-9-17(33-4)10-8-16/h7-10,12,14,32H,5-6,11H2,1-4H3/b20-12-. The van der Waals surface area contributed by atoms with Crippen molar-refractivity contribution in [3.63, 3.8) is 0 Å². The summed E-state index contributed by atoms with van der Waals surface area (Å²) in [5.74, 6) is -0.376. The van der Waals surface area contributed by atoms with Gasteiger partial charge in [0, 0.05) is 19.0 Å². The maximum Gasteiger partial charge on any atom is 0.271 e. The number of thiocarbonyl (C=S) groups is 1. The Labute approximate surface area is 212 Å². The molecule has 0 spiro atoms. The number of methoxy groups -OCH3 is 1. The van der Waals surface area contributed by atoms with Gasteiger partial charge >= 0.3 is 0 Å². The largest absolute Gasteiger partial charge is 0.497 e. The van der Waals surface area contributed by atoms with E-state index in [1.807, 2.05) is 18.2 Å². The van der Waals surface area contributed by atoms with Gasteiger partial charge in [-0.25, -0.2) is 0 Å². The number of hydrogen-bond donors (Lipinski definition) is 1. The van der Waals surface area contributed by atoms with E-state index in [1.165, 1.54) is 23.6 Å². The lowest BCUT2D eigenvalue weighted by atomic mass is 9.98. The van der Waals surface area contributed by atoms with Crippen LogP contribution in [0.5, 0.6) is 11.6 Å². The molecule has 1 aliphatic rings. The van der Waals surface area contributed by atoms with Gasteiger partial charge in [-0.05, 0) is 56.5 Å². The maximum atomic E-state index is 13.0. The molecule has 3 rings (SSSR count). The molecule has 8 nitrogen and oxygen atoms in total. The van der Waals surface area contributed by atoms with E-state index in [0.717, 1.165) is 10.1 Å². The number of hydrogen-bond acceptors (Lipinski definition) is 8. The molecule has 182 valence electrons. The molecule has 1 aromatic carbocycles. The third kappa shape index (κ3) is 5.31. The first-order chi connectivity index (χ1) is 16.6. The highest BCUT2D eigenvalue weighted by Crippen LogP contribution is 2.33. The SMILES string of the molecule is COc1ccc(/C=C2\SC(=S)N(CCCC(=O)c3c(C)c(C#N)c(=O)n(C(C)C)c3O)C2=O)cc1. The zero-order chi connectivity index (χ0) is 25.9. The van der Waals surface area contributed by atoms with Crippen molar-refractivity contribution in [2.45, 2.75) is 39.7 Å². The quantitative estimate of drug-likeness (QED) is 0.319. The zero-order valence-corrected chi connectivity index (χ0v) is 21.5. The second kappa shape index (κ2) is 10.9. The predicted molar refractivity (Wildman–Crippen MR) is 139 cm³/mol. The molecule has 2 aromatic rings. The molecular formula is C25H25N3O5S2. The van der Waals surface area contributed by atoms with Crippen molar-refractivity contribution in [2.24, 2.45) is 0 Å². The summed E-state index contributed by atoms with van der Waals surface area (Å²) in [4.78, 5) is 40.3. The Bertz CT molecular complexity index is 1320.